The van der Waals surface area contributed by atoms with E-state index in [1.54, 1.807) is 23.9 Å². The van der Waals surface area contributed by atoms with E-state index in [1.165, 1.54) is 11.4 Å². The van der Waals surface area contributed by atoms with Crippen molar-refractivity contribution >= 4 is 17.2 Å². The smallest absolute Gasteiger partial charge is 0.222 e. The number of rotatable bonds is 6. The number of amides is 1. The summed E-state index contributed by atoms with van der Waals surface area (Å²) in [5, 5.41) is 3.23. The van der Waals surface area contributed by atoms with E-state index in [4.69, 9.17) is 0 Å². The second-order valence-corrected chi connectivity index (χ2v) is 8.36. The van der Waals surface area contributed by atoms with Gasteiger partial charge < -0.3 is 9.88 Å². The van der Waals surface area contributed by atoms with Crippen LogP contribution in [0.2, 0.25) is 0 Å². The van der Waals surface area contributed by atoms with Crippen molar-refractivity contribution in [1.29, 1.82) is 0 Å². The Morgan fingerprint density at radius 1 is 1.48 bits per heavy atom. The third kappa shape index (κ3) is 3.62. The highest BCUT2D eigenvalue weighted by molar-refractivity contribution is 7.09. The predicted molar refractivity (Wildman–Crippen MR) is 97.1 cm³/mol. The molecule has 1 spiro atoms. The molecule has 2 aromatic rings. The second-order valence-electron chi connectivity index (χ2n) is 7.38. The van der Waals surface area contributed by atoms with E-state index in [0.717, 1.165) is 44.6 Å². The third-order valence-corrected chi connectivity index (χ3v) is 6.59. The van der Waals surface area contributed by atoms with Crippen LogP contribution in [0.3, 0.4) is 0 Å². The molecular weight excluding hydrogens is 334 g/mol. The van der Waals surface area contributed by atoms with Gasteiger partial charge in [-0.05, 0) is 38.1 Å². The summed E-state index contributed by atoms with van der Waals surface area (Å²) in [6, 6.07) is 0.652. The molecule has 3 heterocycles. The lowest BCUT2D eigenvalue weighted by Crippen LogP contribution is -2.41. The zero-order valence-corrected chi connectivity index (χ0v) is 15.5. The minimum absolute atomic E-state index is 0.276. The first-order valence-corrected chi connectivity index (χ1v) is 9.88. The minimum Gasteiger partial charge on any atom is -0.348 e. The minimum atomic E-state index is 0.276. The molecule has 2 aromatic heterocycles. The van der Waals surface area contributed by atoms with Crippen molar-refractivity contribution in [2.45, 2.75) is 44.7 Å². The summed E-state index contributed by atoms with van der Waals surface area (Å²) in [6.45, 7) is 2.75. The molecular formula is C18H25N5OS. The molecule has 4 rings (SSSR count). The van der Waals surface area contributed by atoms with Gasteiger partial charge in [-0.3, -0.25) is 9.69 Å². The van der Waals surface area contributed by atoms with Crippen molar-refractivity contribution in [2.75, 3.05) is 20.1 Å². The van der Waals surface area contributed by atoms with Crippen molar-refractivity contribution in [2.24, 2.45) is 5.41 Å². The molecule has 2 aliphatic rings. The number of aromatic amines is 1. The van der Waals surface area contributed by atoms with Crippen LogP contribution in [0.5, 0.6) is 0 Å². The summed E-state index contributed by atoms with van der Waals surface area (Å²) in [7, 11) is 2.21. The Kier molecular flexibility index (Phi) is 4.60. The van der Waals surface area contributed by atoms with Crippen molar-refractivity contribution in [3.05, 3.63) is 34.8 Å². The number of nitrogens with zero attached hydrogens (tertiary/aromatic N) is 4. The van der Waals surface area contributed by atoms with Crippen LogP contribution in [-0.4, -0.2) is 56.8 Å². The number of aromatic nitrogens is 3. The van der Waals surface area contributed by atoms with E-state index >= 15 is 0 Å². The van der Waals surface area contributed by atoms with E-state index < -0.39 is 0 Å². The molecule has 7 heteroatoms. The summed E-state index contributed by atoms with van der Waals surface area (Å²) in [5.74, 6) is 0.276. The number of thiazole rings is 1. The summed E-state index contributed by atoms with van der Waals surface area (Å²) < 4.78 is 0. The van der Waals surface area contributed by atoms with Gasteiger partial charge in [-0.15, -0.1) is 11.3 Å². The second kappa shape index (κ2) is 6.88. The topological polar surface area (TPSA) is 65.1 Å². The Balaban J connectivity index is 1.24. The van der Waals surface area contributed by atoms with Crippen LogP contribution in [-0.2, 0) is 17.8 Å². The molecule has 1 saturated heterocycles. The van der Waals surface area contributed by atoms with Crippen LogP contribution >= 0.6 is 11.3 Å². The molecule has 1 saturated carbocycles. The highest BCUT2D eigenvalue weighted by atomic mass is 32.1. The van der Waals surface area contributed by atoms with E-state index in [9.17, 15) is 4.79 Å². The van der Waals surface area contributed by atoms with Crippen molar-refractivity contribution < 1.29 is 4.79 Å². The molecule has 1 N–H and O–H groups in total. The molecule has 0 radical (unpaired) electrons. The largest absolute Gasteiger partial charge is 0.348 e. The van der Waals surface area contributed by atoms with Crippen LogP contribution in [0.4, 0.5) is 0 Å². The number of carbonyl (C=O) groups excluding carboxylic acids is 1. The van der Waals surface area contributed by atoms with Crippen LogP contribution in [0, 0.1) is 5.41 Å². The standard InChI is InChI=1S/C18H25N5OS/c1-22(12-16-20-6-9-25-16)15-10-18(15)4-7-23(8-5-18)17(24)3-2-14-11-19-13-21-14/h6,9,11,13,15H,2-5,7-8,10,12H2,1H3,(H,19,21). The van der Waals surface area contributed by atoms with Crippen molar-refractivity contribution in [3.63, 3.8) is 0 Å². The zero-order chi connectivity index (χ0) is 17.3. The number of likely N-dealkylation sites (tertiary alicyclic amines) is 1. The third-order valence-electron chi connectivity index (χ3n) is 5.82. The highest BCUT2D eigenvalue weighted by Gasteiger charge is 2.56. The monoisotopic (exact) mass is 359 g/mol. The lowest BCUT2D eigenvalue weighted by molar-refractivity contribution is -0.132. The van der Waals surface area contributed by atoms with Crippen molar-refractivity contribution in [1.82, 2.24) is 24.8 Å². The Bertz CT molecular complexity index is 691. The van der Waals surface area contributed by atoms with Gasteiger partial charge in [-0.25, -0.2) is 9.97 Å². The first kappa shape index (κ1) is 16.7. The molecule has 134 valence electrons. The van der Waals surface area contributed by atoms with Gasteiger partial charge in [0, 0.05) is 49.0 Å². The maximum atomic E-state index is 12.4. The SMILES string of the molecule is CN(Cc1nccs1)C1CC12CCN(C(=O)CCc1cnc[nH]1)CC2. The van der Waals surface area contributed by atoms with Gasteiger partial charge in [-0.2, -0.15) is 0 Å². The summed E-state index contributed by atoms with van der Waals surface area (Å²) in [6.07, 6.45) is 10.2. The van der Waals surface area contributed by atoms with Crippen molar-refractivity contribution in [3.8, 4) is 0 Å². The van der Waals surface area contributed by atoms with Gasteiger partial charge >= 0.3 is 0 Å². The number of nitrogens with one attached hydrogen (secondary N) is 1. The van der Waals surface area contributed by atoms with Gasteiger partial charge in [0.15, 0.2) is 0 Å². The molecule has 6 nitrogen and oxygen atoms in total. The fourth-order valence-corrected chi connectivity index (χ4v) is 4.84. The van der Waals surface area contributed by atoms with Gasteiger partial charge in [0.1, 0.15) is 5.01 Å². The molecule has 25 heavy (non-hydrogen) atoms. The molecule has 0 aromatic carbocycles. The Morgan fingerprint density at radius 3 is 3.00 bits per heavy atom. The van der Waals surface area contributed by atoms with Gasteiger partial charge in [0.25, 0.3) is 0 Å². The van der Waals surface area contributed by atoms with Crippen LogP contribution in [0.1, 0.15) is 36.4 Å². The Labute approximate surface area is 152 Å². The lowest BCUT2D eigenvalue weighted by atomic mass is 9.92. The van der Waals surface area contributed by atoms with Crippen LogP contribution in [0.25, 0.3) is 0 Å². The van der Waals surface area contributed by atoms with Crippen LogP contribution in [0.15, 0.2) is 24.1 Å². The van der Waals surface area contributed by atoms with E-state index in [2.05, 4.69) is 31.8 Å². The number of aryl methyl sites for hydroxylation is 1. The predicted octanol–water partition coefficient (Wildman–Crippen LogP) is 2.31. The molecule has 1 atom stereocenters. The Morgan fingerprint density at radius 2 is 2.32 bits per heavy atom. The number of piperidine rings is 1. The summed E-state index contributed by atoms with van der Waals surface area (Å²) in [4.78, 5) is 28.4. The molecule has 1 aliphatic heterocycles. The zero-order valence-electron chi connectivity index (χ0n) is 14.6. The first-order valence-electron chi connectivity index (χ1n) is 9.00. The van der Waals surface area contributed by atoms with Crippen LogP contribution < -0.4 is 0 Å². The number of carbonyl (C=O) groups is 1. The van der Waals surface area contributed by atoms with E-state index in [1.807, 2.05) is 11.6 Å². The molecule has 1 amide bonds. The number of imidazole rings is 1. The lowest BCUT2D eigenvalue weighted by Gasteiger charge is -2.34. The van der Waals surface area contributed by atoms with Gasteiger partial charge in [0.2, 0.25) is 5.91 Å². The fraction of sp³-hybridized carbons (Fsp3) is 0.611. The highest BCUT2D eigenvalue weighted by Crippen LogP contribution is 2.56. The number of hydrogen-bond acceptors (Lipinski definition) is 5. The Hall–Kier alpha value is -1.73. The quantitative estimate of drug-likeness (QED) is 0.860. The molecule has 1 unspecified atom stereocenters. The number of hydrogen-bond donors (Lipinski definition) is 1. The average Bonchev–Trinajstić information content (AvgIpc) is 3.04. The fourth-order valence-electron chi connectivity index (χ4n) is 4.16. The average molecular weight is 359 g/mol. The molecule has 2 fully saturated rings. The summed E-state index contributed by atoms with van der Waals surface area (Å²) >= 11 is 1.73. The van der Waals surface area contributed by atoms with Gasteiger partial charge in [-0.1, -0.05) is 0 Å². The van der Waals surface area contributed by atoms with E-state index in [0.29, 0.717) is 17.9 Å². The molecule has 0 bridgehead atoms. The number of H-pyrrole nitrogens is 1. The first-order chi connectivity index (χ1) is 12.2. The normalized spacial score (nSPS) is 21.8. The van der Waals surface area contributed by atoms with E-state index in [-0.39, 0.29) is 5.91 Å². The maximum Gasteiger partial charge on any atom is 0.222 e. The van der Waals surface area contributed by atoms with Gasteiger partial charge in [0.05, 0.1) is 12.9 Å². The maximum absolute atomic E-state index is 12.4. The molecule has 1 aliphatic carbocycles. The summed E-state index contributed by atoms with van der Waals surface area (Å²) in [5.41, 5.74) is 1.47.